The Morgan fingerprint density at radius 2 is 1.41 bits per heavy atom. The number of hydrogen-bond donors (Lipinski definition) is 2. The second-order valence-electron chi connectivity index (χ2n) is 8.97. The molecular weight excluding hydrogens is 388 g/mol. The molecule has 3 aromatic carbocycles. The summed E-state index contributed by atoms with van der Waals surface area (Å²) < 4.78 is 0. The summed E-state index contributed by atoms with van der Waals surface area (Å²) in [6.45, 7) is 0. The summed E-state index contributed by atoms with van der Waals surface area (Å²) in [5, 5.41) is 0. The van der Waals surface area contributed by atoms with Crippen molar-refractivity contribution < 1.29 is 0 Å². The van der Waals surface area contributed by atoms with Crippen molar-refractivity contribution in [3.63, 3.8) is 0 Å². The Labute approximate surface area is 189 Å². The molecule has 4 N–H and O–H groups in total. The molecule has 0 saturated carbocycles. The molecule has 2 nitrogen and oxygen atoms in total. The Morgan fingerprint density at radius 3 is 2.22 bits per heavy atom. The highest BCUT2D eigenvalue weighted by Crippen LogP contribution is 2.52. The average molecular weight is 415 g/mol. The molecule has 0 fully saturated rings. The minimum Gasteiger partial charge on any atom is -0.402 e. The second-order valence-corrected chi connectivity index (χ2v) is 8.97. The van der Waals surface area contributed by atoms with Gasteiger partial charge < -0.3 is 11.5 Å². The van der Waals surface area contributed by atoms with Crippen LogP contribution in [0.4, 0.5) is 5.69 Å². The maximum absolute atomic E-state index is 5.98. The smallest absolute Gasteiger partial charge is 0.0314 e. The molecular formula is C30H26N2. The van der Waals surface area contributed by atoms with Crippen molar-refractivity contribution in [1.82, 2.24) is 0 Å². The molecule has 3 aliphatic carbocycles. The van der Waals surface area contributed by atoms with Gasteiger partial charge in [-0.2, -0.15) is 0 Å². The summed E-state index contributed by atoms with van der Waals surface area (Å²) in [6.07, 6.45) is 11.8. The summed E-state index contributed by atoms with van der Waals surface area (Å²) in [5.41, 5.74) is 25.9. The molecule has 6 rings (SSSR count). The topological polar surface area (TPSA) is 52.0 Å². The predicted molar refractivity (Wildman–Crippen MR) is 136 cm³/mol. The molecule has 3 aromatic rings. The van der Waals surface area contributed by atoms with Gasteiger partial charge in [-0.05, 0) is 93.6 Å². The minimum atomic E-state index is 0.374. The van der Waals surface area contributed by atoms with Gasteiger partial charge in [0.05, 0.1) is 0 Å². The second kappa shape index (κ2) is 7.42. The van der Waals surface area contributed by atoms with Crippen LogP contribution >= 0.6 is 0 Å². The Hall–Kier alpha value is -3.78. The van der Waals surface area contributed by atoms with Gasteiger partial charge in [0, 0.05) is 17.3 Å². The standard InChI is InChI=1S/C30H26N2/c31-23-11-5-19(6-12-23)21-9-15-27-28-16-10-22(20-7-13-24(32)14-8-20)18-30(28)26-4-2-1-3-25(26)29(27)17-21/h1-7,9-13,15-16,18,29H,8,14,17,31-32H2. The first-order valence-electron chi connectivity index (χ1n) is 11.3. The van der Waals surface area contributed by atoms with Crippen molar-refractivity contribution in [1.29, 1.82) is 0 Å². The van der Waals surface area contributed by atoms with Crippen LogP contribution in [0, 0.1) is 0 Å². The first kappa shape index (κ1) is 18.9. The molecule has 2 heteroatoms. The Bertz CT molecular complexity index is 1350. The van der Waals surface area contributed by atoms with E-state index in [0.717, 1.165) is 30.6 Å². The van der Waals surface area contributed by atoms with E-state index in [9.17, 15) is 0 Å². The van der Waals surface area contributed by atoms with E-state index in [0.29, 0.717) is 5.92 Å². The molecule has 0 amide bonds. The van der Waals surface area contributed by atoms with E-state index in [4.69, 9.17) is 11.5 Å². The third-order valence-electron chi connectivity index (χ3n) is 7.05. The van der Waals surface area contributed by atoms with E-state index in [1.807, 2.05) is 12.1 Å². The molecule has 1 unspecified atom stereocenters. The van der Waals surface area contributed by atoms with E-state index >= 15 is 0 Å². The molecule has 1 atom stereocenters. The molecule has 32 heavy (non-hydrogen) atoms. The van der Waals surface area contributed by atoms with Gasteiger partial charge in [0.25, 0.3) is 0 Å². The van der Waals surface area contributed by atoms with Crippen LogP contribution in [0.1, 0.15) is 47.4 Å². The first-order valence-corrected chi connectivity index (χ1v) is 11.3. The number of hydrogen-bond acceptors (Lipinski definition) is 2. The van der Waals surface area contributed by atoms with Crippen molar-refractivity contribution in [2.24, 2.45) is 5.73 Å². The number of rotatable bonds is 2. The summed E-state index contributed by atoms with van der Waals surface area (Å²) in [6, 6.07) is 24.1. The zero-order valence-electron chi connectivity index (χ0n) is 18.0. The molecule has 0 spiro atoms. The lowest BCUT2D eigenvalue weighted by Gasteiger charge is -2.34. The predicted octanol–water partition coefficient (Wildman–Crippen LogP) is 6.92. The normalized spacial score (nSPS) is 18.9. The van der Waals surface area contributed by atoms with Gasteiger partial charge in [-0.3, -0.25) is 0 Å². The molecule has 0 aliphatic heterocycles. The van der Waals surface area contributed by atoms with Crippen LogP contribution in [0.3, 0.4) is 0 Å². The lowest BCUT2D eigenvalue weighted by atomic mass is 9.70. The fourth-order valence-electron chi connectivity index (χ4n) is 5.33. The third kappa shape index (κ3) is 3.11. The van der Waals surface area contributed by atoms with Crippen LogP contribution < -0.4 is 11.5 Å². The molecule has 156 valence electrons. The summed E-state index contributed by atoms with van der Waals surface area (Å²) in [7, 11) is 0. The zero-order chi connectivity index (χ0) is 21.7. The zero-order valence-corrected chi connectivity index (χ0v) is 18.0. The first-order chi connectivity index (χ1) is 15.7. The van der Waals surface area contributed by atoms with Gasteiger partial charge in [0.15, 0.2) is 0 Å². The molecule has 0 radical (unpaired) electrons. The Balaban J connectivity index is 1.48. The lowest BCUT2D eigenvalue weighted by Crippen LogP contribution is -2.14. The molecule has 0 bridgehead atoms. The quantitative estimate of drug-likeness (QED) is 0.447. The summed E-state index contributed by atoms with van der Waals surface area (Å²) in [4.78, 5) is 0. The minimum absolute atomic E-state index is 0.374. The van der Waals surface area contributed by atoms with Crippen molar-refractivity contribution >= 4 is 22.4 Å². The van der Waals surface area contributed by atoms with Crippen LogP contribution in [-0.4, -0.2) is 0 Å². The van der Waals surface area contributed by atoms with Gasteiger partial charge in [0.2, 0.25) is 0 Å². The number of fused-ring (bicyclic) bond motifs is 6. The molecule has 0 heterocycles. The van der Waals surface area contributed by atoms with Crippen molar-refractivity contribution in [2.45, 2.75) is 25.2 Å². The van der Waals surface area contributed by atoms with Crippen LogP contribution in [-0.2, 0) is 0 Å². The van der Waals surface area contributed by atoms with Crippen molar-refractivity contribution in [3.8, 4) is 11.1 Å². The molecule has 0 saturated heterocycles. The summed E-state index contributed by atoms with van der Waals surface area (Å²) >= 11 is 0. The van der Waals surface area contributed by atoms with E-state index in [1.54, 1.807) is 0 Å². The molecule has 0 aromatic heterocycles. The van der Waals surface area contributed by atoms with Crippen molar-refractivity contribution in [2.75, 3.05) is 5.73 Å². The fourth-order valence-corrected chi connectivity index (χ4v) is 5.33. The van der Waals surface area contributed by atoms with Gasteiger partial charge in [-0.15, -0.1) is 0 Å². The summed E-state index contributed by atoms with van der Waals surface area (Å²) in [5.74, 6) is 0.374. The van der Waals surface area contributed by atoms with E-state index in [-0.39, 0.29) is 0 Å². The van der Waals surface area contributed by atoms with Gasteiger partial charge in [-0.1, -0.05) is 66.8 Å². The highest BCUT2D eigenvalue weighted by molar-refractivity contribution is 5.95. The fraction of sp³-hybridized carbons (Fsp3) is 0.133. The number of allylic oxidation sites excluding steroid dienone is 8. The monoisotopic (exact) mass is 414 g/mol. The van der Waals surface area contributed by atoms with Crippen LogP contribution in [0.15, 0.2) is 96.7 Å². The number of nitrogens with two attached hydrogens (primary N) is 2. The van der Waals surface area contributed by atoms with Gasteiger partial charge in [0.1, 0.15) is 0 Å². The van der Waals surface area contributed by atoms with Crippen molar-refractivity contribution in [3.05, 3.63) is 119 Å². The van der Waals surface area contributed by atoms with Crippen LogP contribution in [0.25, 0.3) is 27.8 Å². The van der Waals surface area contributed by atoms with Gasteiger partial charge >= 0.3 is 0 Å². The van der Waals surface area contributed by atoms with Crippen LogP contribution in [0.2, 0.25) is 0 Å². The van der Waals surface area contributed by atoms with E-state index in [1.165, 1.54) is 50.1 Å². The molecule has 3 aliphatic rings. The third-order valence-corrected chi connectivity index (χ3v) is 7.05. The number of benzene rings is 3. The number of anilines is 1. The SMILES string of the molecule is NC1=CC=C(c2ccc3c(c2)-c2ccccc2C2CC(c4ccc(N)cc4)=CC=C32)CC1. The highest BCUT2D eigenvalue weighted by Gasteiger charge is 2.31. The maximum Gasteiger partial charge on any atom is 0.0314 e. The highest BCUT2D eigenvalue weighted by atomic mass is 14.6. The van der Waals surface area contributed by atoms with E-state index < -0.39 is 0 Å². The maximum atomic E-state index is 5.98. The largest absolute Gasteiger partial charge is 0.402 e. The van der Waals surface area contributed by atoms with Gasteiger partial charge in [-0.25, -0.2) is 0 Å². The van der Waals surface area contributed by atoms with Crippen LogP contribution in [0.5, 0.6) is 0 Å². The van der Waals surface area contributed by atoms with E-state index in [2.05, 4.69) is 78.9 Å². The Morgan fingerprint density at radius 1 is 0.625 bits per heavy atom. The number of nitrogen functional groups attached to an aromatic ring is 1. The average Bonchev–Trinajstić information content (AvgIpc) is 2.84. The Kier molecular flexibility index (Phi) is 4.39. The lowest BCUT2D eigenvalue weighted by molar-refractivity contribution is 0.881.